The predicted octanol–water partition coefficient (Wildman–Crippen LogP) is 1.71. The van der Waals surface area contributed by atoms with Crippen molar-refractivity contribution in [2.75, 3.05) is 11.9 Å². The summed E-state index contributed by atoms with van der Waals surface area (Å²) in [6, 6.07) is 4.50. The summed E-state index contributed by atoms with van der Waals surface area (Å²) in [5.74, 6) is -0.352. The highest BCUT2D eigenvalue weighted by Crippen LogP contribution is 2.13. The lowest BCUT2D eigenvalue weighted by Gasteiger charge is -2.13. The van der Waals surface area contributed by atoms with Gasteiger partial charge >= 0.3 is 5.69 Å². The molecular weight excluding hydrogens is 279 g/mol. The van der Waals surface area contributed by atoms with Crippen molar-refractivity contribution in [2.45, 2.75) is 19.6 Å². The van der Waals surface area contributed by atoms with Crippen molar-refractivity contribution in [3.63, 3.8) is 0 Å². The van der Waals surface area contributed by atoms with Gasteiger partial charge in [-0.1, -0.05) is 0 Å². The number of nitrogens with one attached hydrogen (secondary N) is 1. The van der Waals surface area contributed by atoms with Crippen LogP contribution in [0.5, 0.6) is 0 Å². The zero-order chi connectivity index (χ0) is 15.4. The normalized spacial score (nSPS) is 12.1. The second-order valence-corrected chi connectivity index (χ2v) is 4.73. The van der Waals surface area contributed by atoms with Crippen LogP contribution in [0.3, 0.4) is 0 Å². The molecule has 0 saturated carbocycles. The molecule has 1 unspecified atom stereocenters. The molecular formula is C13H15FN4O3. The van der Waals surface area contributed by atoms with E-state index in [-0.39, 0.29) is 24.6 Å². The van der Waals surface area contributed by atoms with Gasteiger partial charge in [-0.3, -0.25) is 14.8 Å². The van der Waals surface area contributed by atoms with Gasteiger partial charge in [-0.05, 0) is 30.7 Å². The molecule has 0 spiro atoms. The summed E-state index contributed by atoms with van der Waals surface area (Å²) < 4.78 is 14.5. The number of aliphatic hydroxyl groups excluding tert-OH is 1. The van der Waals surface area contributed by atoms with Gasteiger partial charge in [0, 0.05) is 12.2 Å². The number of aromatic nitrogens is 2. The Kier molecular flexibility index (Phi) is 4.49. The van der Waals surface area contributed by atoms with Gasteiger partial charge in [-0.25, -0.2) is 4.39 Å². The molecule has 7 nitrogen and oxygen atoms in total. The number of hydrogen-bond donors (Lipinski definition) is 2. The van der Waals surface area contributed by atoms with Gasteiger partial charge in [-0.2, -0.15) is 5.10 Å². The molecule has 1 aromatic heterocycles. The lowest BCUT2D eigenvalue weighted by atomic mass is 10.2. The van der Waals surface area contributed by atoms with Crippen LogP contribution in [0, 0.1) is 22.9 Å². The monoisotopic (exact) mass is 294 g/mol. The molecule has 0 aliphatic heterocycles. The molecule has 0 fully saturated rings. The number of anilines is 1. The Bertz CT molecular complexity index is 624. The highest BCUT2D eigenvalue weighted by Gasteiger charge is 2.12. The number of benzene rings is 1. The Morgan fingerprint density at radius 3 is 2.90 bits per heavy atom. The molecule has 2 N–H and O–H groups in total. The van der Waals surface area contributed by atoms with E-state index in [0.29, 0.717) is 5.69 Å². The fraction of sp³-hybridized carbons (Fsp3) is 0.308. The maximum atomic E-state index is 13.2. The molecule has 1 heterocycles. The first-order valence-corrected chi connectivity index (χ1v) is 6.30. The number of halogens is 1. The molecule has 21 heavy (non-hydrogen) atoms. The van der Waals surface area contributed by atoms with Crippen molar-refractivity contribution < 1.29 is 14.4 Å². The van der Waals surface area contributed by atoms with E-state index >= 15 is 0 Å². The van der Waals surface area contributed by atoms with Crippen molar-refractivity contribution in [1.82, 2.24) is 9.78 Å². The standard InChI is InChI=1S/C13H15FN4O3/c1-9-2-10(14)4-11(3-9)15-6-13(19)8-17-7-12(5-16-17)18(20)21/h2-5,7,13,15,19H,6,8H2,1H3. The summed E-state index contributed by atoms with van der Waals surface area (Å²) in [5.41, 5.74) is 1.21. The smallest absolute Gasteiger partial charge is 0.306 e. The van der Waals surface area contributed by atoms with Crippen molar-refractivity contribution in [2.24, 2.45) is 0 Å². The van der Waals surface area contributed by atoms with E-state index in [2.05, 4.69) is 10.4 Å². The molecule has 112 valence electrons. The maximum Gasteiger partial charge on any atom is 0.306 e. The third-order valence-corrected chi connectivity index (χ3v) is 2.81. The number of rotatable bonds is 6. The summed E-state index contributed by atoms with van der Waals surface area (Å²) in [7, 11) is 0. The molecule has 0 bridgehead atoms. The molecule has 8 heteroatoms. The van der Waals surface area contributed by atoms with Crippen molar-refractivity contribution in [1.29, 1.82) is 0 Å². The summed E-state index contributed by atoms with van der Waals surface area (Å²) in [4.78, 5) is 9.96. The summed E-state index contributed by atoms with van der Waals surface area (Å²) in [6.45, 7) is 2.05. The van der Waals surface area contributed by atoms with Crippen LogP contribution in [0.1, 0.15) is 5.56 Å². The molecule has 1 atom stereocenters. The minimum atomic E-state index is -0.812. The van der Waals surface area contributed by atoms with E-state index in [1.807, 2.05) is 0 Å². The highest BCUT2D eigenvalue weighted by molar-refractivity contribution is 5.46. The van der Waals surface area contributed by atoms with Crippen LogP contribution in [0.25, 0.3) is 0 Å². The quantitative estimate of drug-likeness (QED) is 0.625. The molecule has 0 radical (unpaired) electrons. The summed E-state index contributed by atoms with van der Waals surface area (Å²) in [6.07, 6.45) is 1.55. The average Bonchev–Trinajstić information content (AvgIpc) is 2.84. The van der Waals surface area contributed by atoms with E-state index in [9.17, 15) is 19.6 Å². The van der Waals surface area contributed by atoms with Crippen LogP contribution in [-0.2, 0) is 6.54 Å². The first-order valence-electron chi connectivity index (χ1n) is 6.30. The van der Waals surface area contributed by atoms with E-state index in [4.69, 9.17) is 0 Å². The third-order valence-electron chi connectivity index (χ3n) is 2.81. The van der Waals surface area contributed by atoms with Crippen LogP contribution in [0.15, 0.2) is 30.6 Å². The van der Waals surface area contributed by atoms with Crippen LogP contribution >= 0.6 is 0 Å². The number of aryl methyl sites for hydroxylation is 1. The van der Waals surface area contributed by atoms with Crippen LogP contribution in [-0.4, -0.2) is 32.5 Å². The lowest BCUT2D eigenvalue weighted by Crippen LogP contribution is -2.25. The Balaban J connectivity index is 1.89. The summed E-state index contributed by atoms with van der Waals surface area (Å²) in [5, 5.41) is 27.1. The first-order chi connectivity index (χ1) is 9.94. The third kappa shape index (κ3) is 4.25. The molecule has 0 aliphatic carbocycles. The van der Waals surface area contributed by atoms with Gasteiger partial charge in [0.2, 0.25) is 0 Å². The zero-order valence-corrected chi connectivity index (χ0v) is 11.4. The van der Waals surface area contributed by atoms with Gasteiger partial charge in [0.15, 0.2) is 0 Å². The summed E-state index contributed by atoms with van der Waals surface area (Å²) >= 11 is 0. The Hall–Kier alpha value is -2.48. The first kappa shape index (κ1) is 14.9. The molecule has 2 aromatic rings. The fourth-order valence-electron chi connectivity index (χ4n) is 1.90. The van der Waals surface area contributed by atoms with Crippen LogP contribution < -0.4 is 5.32 Å². The average molecular weight is 294 g/mol. The number of nitro groups is 1. The van der Waals surface area contributed by atoms with Gasteiger partial charge < -0.3 is 10.4 Å². The van der Waals surface area contributed by atoms with E-state index in [1.54, 1.807) is 13.0 Å². The number of nitrogens with zero attached hydrogens (tertiary/aromatic N) is 3. The largest absolute Gasteiger partial charge is 0.389 e. The molecule has 1 aromatic carbocycles. The number of aliphatic hydroxyl groups is 1. The van der Waals surface area contributed by atoms with Gasteiger partial charge in [0.05, 0.1) is 17.6 Å². The predicted molar refractivity (Wildman–Crippen MR) is 74.5 cm³/mol. The molecule has 0 aliphatic rings. The van der Waals surface area contributed by atoms with Crippen molar-refractivity contribution in [3.05, 3.63) is 52.1 Å². The highest BCUT2D eigenvalue weighted by atomic mass is 19.1. The SMILES string of the molecule is Cc1cc(F)cc(NCC(O)Cn2cc([N+](=O)[O-])cn2)c1. The van der Waals surface area contributed by atoms with E-state index in [1.165, 1.54) is 23.0 Å². The van der Waals surface area contributed by atoms with Crippen LogP contribution in [0.2, 0.25) is 0 Å². The topological polar surface area (TPSA) is 93.2 Å². The molecule has 2 rings (SSSR count). The maximum absolute atomic E-state index is 13.2. The van der Waals surface area contributed by atoms with Gasteiger partial charge in [-0.15, -0.1) is 0 Å². The van der Waals surface area contributed by atoms with Gasteiger partial charge in [0.25, 0.3) is 0 Å². The second kappa shape index (κ2) is 6.31. The van der Waals surface area contributed by atoms with Crippen molar-refractivity contribution in [3.8, 4) is 0 Å². The number of hydrogen-bond acceptors (Lipinski definition) is 5. The zero-order valence-electron chi connectivity index (χ0n) is 11.4. The Morgan fingerprint density at radius 2 is 2.29 bits per heavy atom. The van der Waals surface area contributed by atoms with E-state index in [0.717, 1.165) is 11.8 Å². The van der Waals surface area contributed by atoms with Crippen LogP contribution in [0.4, 0.5) is 15.8 Å². The van der Waals surface area contributed by atoms with E-state index < -0.39 is 11.0 Å². The lowest BCUT2D eigenvalue weighted by molar-refractivity contribution is -0.385. The van der Waals surface area contributed by atoms with Crippen molar-refractivity contribution >= 4 is 11.4 Å². The minimum absolute atomic E-state index is 0.106. The Morgan fingerprint density at radius 1 is 1.52 bits per heavy atom. The minimum Gasteiger partial charge on any atom is -0.389 e. The second-order valence-electron chi connectivity index (χ2n) is 4.73. The molecule has 0 amide bonds. The fourth-order valence-corrected chi connectivity index (χ4v) is 1.90. The van der Waals surface area contributed by atoms with Gasteiger partial charge in [0.1, 0.15) is 18.2 Å². The molecule has 0 saturated heterocycles. The Labute approximate surface area is 120 Å².